The molecule has 116 valence electrons. The van der Waals surface area contributed by atoms with Crippen molar-refractivity contribution < 1.29 is 14.0 Å². The van der Waals surface area contributed by atoms with Gasteiger partial charge in [-0.05, 0) is 19.4 Å². The molecule has 0 fully saturated rings. The molecule has 0 unspecified atom stereocenters. The van der Waals surface area contributed by atoms with E-state index in [2.05, 4.69) is 60.9 Å². The molecule has 0 spiro atoms. The zero-order chi connectivity index (χ0) is 16.1. The van der Waals surface area contributed by atoms with E-state index in [0.717, 1.165) is 23.1 Å². The lowest BCUT2D eigenvalue weighted by Crippen LogP contribution is -2.42. The smallest absolute Gasteiger partial charge is 0.322 e. The van der Waals surface area contributed by atoms with E-state index in [9.17, 15) is 4.79 Å². The number of carbonyl (C=O) groups is 1. The first-order valence-corrected chi connectivity index (χ1v) is 7.83. The van der Waals surface area contributed by atoms with Crippen LogP contribution < -0.4 is 0 Å². The molecule has 0 radical (unpaired) electrons. The highest BCUT2D eigenvalue weighted by Crippen LogP contribution is 2.18. The highest BCUT2D eigenvalue weighted by atomic mass is 79.9. The number of alkyl halides is 1. The summed E-state index contributed by atoms with van der Waals surface area (Å²) in [5.41, 5.74) is 2.38. The number of nitrogens with zero attached hydrogens (tertiary/aromatic N) is 1. The average Bonchev–Trinajstić information content (AvgIpc) is 2.37. The zero-order valence-corrected chi connectivity index (χ0v) is 14.9. The van der Waals surface area contributed by atoms with Gasteiger partial charge < -0.3 is 9.22 Å². The third-order valence-electron chi connectivity index (χ3n) is 3.24. The Morgan fingerprint density at radius 1 is 1.33 bits per heavy atom. The molecule has 3 nitrogen and oxygen atoms in total. The van der Waals surface area contributed by atoms with E-state index < -0.39 is 4.32 Å². The molecule has 1 aromatic carbocycles. The number of benzene rings is 1. The van der Waals surface area contributed by atoms with E-state index in [1.54, 1.807) is 13.8 Å². The van der Waals surface area contributed by atoms with Crippen LogP contribution in [0.3, 0.4) is 0 Å². The maximum atomic E-state index is 11.7. The Labute approximate surface area is 136 Å². The van der Waals surface area contributed by atoms with Crippen molar-refractivity contribution in [3.8, 4) is 0 Å². The number of ether oxygens (including phenoxy) is 1. The minimum Gasteiger partial charge on any atom is -0.459 e. The Kier molecular flexibility index (Phi) is 6.17. The molecule has 0 bridgehead atoms. The van der Waals surface area contributed by atoms with E-state index in [1.165, 1.54) is 5.56 Å². The van der Waals surface area contributed by atoms with Crippen molar-refractivity contribution in [2.75, 3.05) is 27.2 Å². The van der Waals surface area contributed by atoms with Crippen LogP contribution in [0.1, 0.15) is 25.0 Å². The van der Waals surface area contributed by atoms with E-state index in [4.69, 9.17) is 4.74 Å². The summed E-state index contributed by atoms with van der Waals surface area (Å²) in [5.74, 6) is -0.224. The van der Waals surface area contributed by atoms with E-state index in [1.807, 2.05) is 6.08 Å². The Balaban J connectivity index is 2.49. The third-order valence-corrected chi connectivity index (χ3v) is 3.56. The molecule has 1 rings (SSSR count). The molecular formula is C17H25BrNO2+. The van der Waals surface area contributed by atoms with E-state index >= 15 is 0 Å². The van der Waals surface area contributed by atoms with Crippen LogP contribution >= 0.6 is 15.9 Å². The fourth-order valence-electron chi connectivity index (χ4n) is 1.89. The Hall–Kier alpha value is -1.13. The topological polar surface area (TPSA) is 26.3 Å². The van der Waals surface area contributed by atoms with Crippen molar-refractivity contribution in [3.63, 3.8) is 0 Å². The Bertz CT molecular complexity index is 487. The summed E-state index contributed by atoms with van der Waals surface area (Å²) in [7, 11) is 4.27. The Morgan fingerprint density at radius 3 is 2.38 bits per heavy atom. The van der Waals surface area contributed by atoms with Gasteiger partial charge in [0.25, 0.3) is 0 Å². The molecule has 0 saturated carbocycles. The fraction of sp³-hybridized carbons (Fsp3) is 0.471. The van der Waals surface area contributed by atoms with Gasteiger partial charge in [0.05, 0.1) is 14.1 Å². The largest absolute Gasteiger partial charge is 0.459 e. The maximum Gasteiger partial charge on any atom is 0.322 e. The first kappa shape index (κ1) is 17.9. The number of hydrogen-bond acceptors (Lipinski definition) is 2. The standard InChI is InChI=1S/C17H25BrNO2/c1-6-14-7-9-15(10-8-14)13-19(4,5)11-12-21-16(20)17(2,3)18/h6-10H,1,11-13H2,2-5H3/q+1. The highest BCUT2D eigenvalue weighted by Gasteiger charge is 2.26. The summed E-state index contributed by atoms with van der Waals surface area (Å²) in [5, 5.41) is 0. The molecule has 0 atom stereocenters. The molecule has 21 heavy (non-hydrogen) atoms. The van der Waals surface area contributed by atoms with Crippen LogP contribution in [0.2, 0.25) is 0 Å². The quantitative estimate of drug-likeness (QED) is 0.424. The lowest BCUT2D eigenvalue weighted by molar-refractivity contribution is -0.903. The minimum atomic E-state index is -0.620. The molecule has 0 saturated heterocycles. The van der Waals surface area contributed by atoms with Gasteiger partial charge in [-0.1, -0.05) is 52.9 Å². The summed E-state index contributed by atoms with van der Waals surface area (Å²) in [4.78, 5) is 11.7. The van der Waals surface area contributed by atoms with Crippen LogP contribution in [0.15, 0.2) is 30.8 Å². The monoisotopic (exact) mass is 354 g/mol. The summed E-state index contributed by atoms with van der Waals surface area (Å²) in [6.45, 7) is 9.43. The first-order chi connectivity index (χ1) is 9.64. The lowest BCUT2D eigenvalue weighted by atomic mass is 10.1. The molecular weight excluding hydrogens is 330 g/mol. The fourth-order valence-corrected chi connectivity index (χ4v) is 2.00. The van der Waals surface area contributed by atoms with Crippen molar-refractivity contribution in [2.24, 2.45) is 0 Å². The second kappa shape index (κ2) is 7.23. The predicted molar refractivity (Wildman–Crippen MR) is 91.2 cm³/mol. The van der Waals surface area contributed by atoms with Crippen molar-refractivity contribution in [1.82, 2.24) is 0 Å². The van der Waals surface area contributed by atoms with Gasteiger partial charge in [0.2, 0.25) is 0 Å². The number of esters is 1. The summed E-state index contributed by atoms with van der Waals surface area (Å²) in [6.07, 6.45) is 1.84. The molecule has 0 N–H and O–H groups in total. The number of likely N-dealkylation sites (N-methyl/N-ethyl adjacent to an activating group) is 1. The molecule has 0 heterocycles. The van der Waals surface area contributed by atoms with Gasteiger partial charge >= 0.3 is 5.97 Å². The van der Waals surface area contributed by atoms with Crippen molar-refractivity contribution in [3.05, 3.63) is 42.0 Å². The van der Waals surface area contributed by atoms with Gasteiger partial charge in [-0.25, -0.2) is 0 Å². The number of carbonyl (C=O) groups excluding carboxylic acids is 1. The van der Waals surface area contributed by atoms with Gasteiger partial charge in [-0.15, -0.1) is 0 Å². The van der Waals surface area contributed by atoms with E-state index in [0.29, 0.717) is 6.61 Å². The summed E-state index contributed by atoms with van der Waals surface area (Å²) >= 11 is 3.30. The molecule has 0 aliphatic heterocycles. The van der Waals surface area contributed by atoms with Crippen LogP contribution in [0.25, 0.3) is 6.08 Å². The molecule has 1 aromatic rings. The normalized spacial score (nSPS) is 12.0. The van der Waals surface area contributed by atoms with Gasteiger partial charge in [0, 0.05) is 5.56 Å². The molecule has 0 aliphatic rings. The second-order valence-electron chi connectivity index (χ2n) is 6.37. The lowest BCUT2D eigenvalue weighted by Gasteiger charge is -2.30. The van der Waals surface area contributed by atoms with E-state index in [-0.39, 0.29) is 5.97 Å². The third kappa shape index (κ3) is 6.44. The summed E-state index contributed by atoms with van der Waals surface area (Å²) in [6, 6.07) is 8.36. The number of halogens is 1. The molecule has 4 heteroatoms. The highest BCUT2D eigenvalue weighted by molar-refractivity contribution is 9.10. The van der Waals surface area contributed by atoms with Crippen LogP contribution in [0.4, 0.5) is 0 Å². The number of hydrogen-bond donors (Lipinski definition) is 0. The second-order valence-corrected chi connectivity index (χ2v) is 8.35. The zero-order valence-electron chi connectivity index (χ0n) is 13.4. The van der Waals surface area contributed by atoms with Crippen LogP contribution in [-0.4, -0.2) is 42.0 Å². The van der Waals surface area contributed by atoms with Crippen LogP contribution in [-0.2, 0) is 16.1 Å². The minimum absolute atomic E-state index is 0.224. The first-order valence-electron chi connectivity index (χ1n) is 7.03. The van der Waals surface area contributed by atoms with Crippen LogP contribution in [0, 0.1) is 0 Å². The predicted octanol–water partition coefficient (Wildman–Crippen LogP) is 3.62. The number of quaternary nitrogens is 1. The Morgan fingerprint density at radius 2 is 1.90 bits per heavy atom. The van der Waals surface area contributed by atoms with Crippen molar-refractivity contribution in [2.45, 2.75) is 24.7 Å². The van der Waals surface area contributed by atoms with Gasteiger partial charge in [-0.3, -0.25) is 4.79 Å². The molecule has 0 aliphatic carbocycles. The molecule has 0 aromatic heterocycles. The van der Waals surface area contributed by atoms with Gasteiger partial charge in [0.15, 0.2) is 0 Å². The van der Waals surface area contributed by atoms with Gasteiger partial charge in [0.1, 0.15) is 24.0 Å². The van der Waals surface area contributed by atoms with Gasteiger partial charge in [-0.2, -0.15) is 0 Å². The SMILES string of the molecule is C=Cc1ccc(C[N+](C)(C)CCOC(=O)C(C)(C)Br)cc1. The van der Waals surface area contributed by atoms with Crippen molar-refractivity contribution >= 4 is 28.0 Å². The van der Waals surface area contributed by atoms with Crippen molar-refractivity contribution in [1.29, 1.82) is 0 Å². The molecule has 0 amide bonds. The van der Waals surface area contributed by atoms with Crippen LogP contribution in [0.5, 0.6) is 0 Å². The maximum absolute atomic E-state index is 11.7. The summed E-state index contributed by atoms with van der Waals surface area (Å²) < 4.78 is 5.45. The average molecular weight is 355 g/mol. The number of rotatable bonds is 7.